The van der Waals surface area contributed by atoms with Gasteiger partial charge in [0.1, 0.15) is 18.5 Å². The average Bonchev–Trinajstić information content (AvgIpc) is 2.74. The SMILES string of the molecule is O=C(Cc1ccc(Cl)cc1)N1CCCCc2ccccc2OC[C@@H](O)[C@@H](O)CC1. The zero-order valence-electron chi connectivity index (χ0n) is 16.5. The molecule has 2 aromatic carbocycles. The van der Waals surface area contributed by atoms with Gasteiger partial charge in [0, 0.05) is 18.1 Å². The van der Waals surface area contributed by atoms with Crippen molar-refractivity contribution in [2.24, 2.45) is 0 Å². The molecule has 1 aliphatic rings. The van der Waals surface area contributed by atoms with Crippen molar-refractivity contribution in [1.29, 1.82) is 0 Å². The Kier molecular flexibility index (Phi) is 7.92. The fourth-order valence-corrected chi connectivity index (χ4v) is 3.61. The Bertz CT molecular complexity index is 796. The van der Waals surface area contributed by atoms with Crippen LogP contribution in [0.1, 0.15) is 30.4 Å². The van der Waals surface area contributed by atoms with Crippen LogP contribution in [0.3, 0.4) is 0 Å². The van der Waals surface area contributed by atoms with Gasteiger partial charge < -0.3 is 19.8 Å². The summed E-state index contributed by atoms with van der Waals surface area (Å²) in [6, 6.07) is 15.0. The first-order valence-electron chi connectivity index (χ1n) is 10.1. The molecule has 1 amide bonds. The number of rotatable bonds is 2. The van der Waals surface area contributed by atoms with E-state index in [1.807, 2.05) is 36.4 Å². The van der Waals surface area contributed by atoms with Crippen LogP contribution in [-0.2, 0) is 17.6 Å². The highest BCUT2D eigenvalue weighted by molar-refractivity contribution is 6.30. The summed E-state index contributed by atoms with van der Waals surface area (Å²) < 4.78 is 5.75. The van der Waals surface area contributed by atoms with Gasteiger partial charge in [0.05, 0.1) is 12.5 Å². The first-order valence-corrected chi connectivity index (χ1v) is 10.5. The second-order valence-corrected chi connectivity index (χ2v) is 7.92. The number of halogens is 1. The van der Waals surface area contributed by atoms with E-state index in [-0.39, 0.29) is 12.5 Å². The number of hydrogen-bond acceptors (Lipinski definition) is 4. The summed E-state index contributed by atoms with van der Waals surface area (Å²) in [4.78, 5) is 14.6. The maximum absolute atomic E-state index is 12.8. The van der Waals surface area contributed by atoms with Crippen molar-refractivity contribution >= 4 is 17.5 Å². The van der Waals surface area contributed by atoms with Gasteiger partial charge in [-0.25, -0.2) is 0 Å². The molecule has 0 radical (unpaired) electrons. The molecule has 0 spiro atoms. The van der Waals surface area contributed by atoms with Gasteiger partial charge >= 0.3 is 0 Å². The second kappa shape index (κ2) is 10.6. The van der Waals surface area contributed by atoms with Gasteiger partial charge in [-0.3, -0.25) is 4.79 Å². The first-order chi connectivity index (χ1) is 14.0. The number of ether oxygens (including phenoxy) is 1. The summed E-state index contributed by atoms with van der Waals surface area (Å²) in [6.07, 6.45) is 1.27. The lowest BCUT2D eigenvalue weighted by atomic mass is 10.1. The fraction of sp³-hybridized carbons (Fsp3) is 0.435. The zero-order chi connectivity index (χ0) is 20.6. The molecule has 0 saturated carbocycles. The van der Waals surface area contributed by atoms with Gasteiger partial charge in [-0.15, -0.1) is 0 Å². The molecular formula is C23H28ClNO4. The van der Waals surface area contributed by atoms with E-state index < -0.39 is 12.2 Å². The lowest BCUT2D eigenvalue weighted by Crippen LogP contribution is -2.39. The molecule has 156 valence electrons. The topological polar surface area (TPSA) is 70.0 Å². The molecule has 6 heteroatoms. The van der Waals surface area contributed by atoms with E-state index in [0.717, 1.165) is 36.1 Å². The quantitative estimate of drug-likeness (QED) is 0.787. The Labute approximate surface area is 176 Å². The lowest BCUT2D eigenvalue weighted by molar-refractivity contribution is -0.131. The van der Waals surface area contributed by atoms with Crippen molar-refractivity contribution in [2.45, 2.75) is 44.3 Å². The normalized spacial score (nSPS) is 21.1. The smallest absolute Gasteiger partial charge is 0.226 e. The van der Waals surface area contributed by atoms with E-state index >= 15 is 0 Å². The van der Waals surface area contributed by atoms with Gasteiger partial charge in [-0.2, -0.15) is 0 Å². The van der Waals surface area contributed by atoms with Crippen molar-refractivity contribution in [1.82, 2.24) is 4.90 Å². The molecule has 1 aliphatic heterocycles. The third-order valence-corrected chi connectivity index (χ3v) is 5.52. The summed E-state index contributed by atoms with van der Waals surface area (Å²) in [5, 5.41) is 21.2. The average molecular weight is 418 g/mol. The molecular weight excluding hydrogens is 390 g/mol. The minimum Gasteiger partial charge on any atom is -0.491 e. The molecule has 29 heavy (non-hydrogen) atoms. The standard InChI is InChI=1S/C23H28ClNO4/c24-19-10-8-17(9-11-19)15-23(28)25-13-4-3-6-18-5-1-2-7-22(18)29-16-21(27)20(26)12-14-25/h1-2,5,7-11,20-21,26-27H,3-4,6,12-16H2/t20-,21+/m0/s1. The van der Waals surface area contributed by atoms with E-state index in [4.69, 9.17) is 16.3 Å². The van der Waals surface area contributed by atoms with Crippen molar-refractivity contribution in [3.63, 3.8) is 0 Å². The molecule has 0 aromatic heterocycles. The maximum atomic E-state index is 12.8. The van der Waals surface area contributed by atoms with Crippen LogP contribution in [0.15, 0.2) is 48.5 Å². The summed E-state index contributed by atoms with van der Waals surface area (Å²) in [6.45, 7) is 1.05. The van der Waals surface area contributed by atoms with E-state index in [2.05, 4.69) is 0 Å². The Morgan fingerprint density at radius 1 is 1.03 bits per heavy atom. The summed E-state index contributed by atoms with van der Waals surface area (Å²) in [7, 11) is 0. The Balaban J connectivity index is 1.68. The summed E-state index contributed by atoms with van der Waals surface area (Å²) in [5.41, 5.74) is 1.98. The Morgan fingerprint density at radius 3 is 2.59 bits per heavy atom. The highest BCUT2D eigenvalue weighted by atomic mass is 35.5. The van der Waals surface area contributed by atoms with Crippen molar-refractivity contribution in [3.05, 3.63) is 64.7 Å². The molecule has 2 aromatic rings. The molecule has 0 aliphatic carbocycles. The van der Waals surface area contributed by atoms with Gasteiger partial charge in [0.15, 0.2) is 0 Å². The van der Waals surface area contributed by atoms with Crippen LogP contribution in [0.5, 0.6) is 5.75 Å². The number of fused-ring (bicyclic) bond motifs is 1. The van der Waals surface area contributed by atoms with Crippen LogP contribution in [0, 0.1) is 0 Å². The number of carbonyl (C=O) groups is 1. The van der Waals surface area contributed by atoms with Crippen LogP contribution in [0.25, 0.3) is 0 Å². The molecule has 5 nitrogen and oxygen atoms in total. The predicted octanol–water partition coefficient (Wildman–Crippen LogP) is 3.24. The number of amides is 1. The third kappa shape index (κ3) is 6.46. The van der Waals surface area contributed by atoms with Crippen molar-refractivity contribution < 1.29 is 19.7 Å². The monoisotopic (exact) mass is 417 g/mol. The van der Waals surface area contributed by atoms with Gasteiger partial charge in [-0.05, 0) is 55.0 Å². The highest BCUT2D eigenvalue weighted by Gasteiger charge is 2.21. The highest BCUT2D eigenvalue weighted by Crippen LogP contribution is 2.21. The first kappa shape index (κ1) is 21.6. The maximum Gasteiger partial charge on any atom is 0.226 e. The molecule has 2 N–H and O–H groups in total. The van der Waals surface area contributed by atoms with Gasteiger partial charge in [0.25, 0.3) is 0 Å². The minimum atomic E-state index is -1.00. The Hall–Kier alpha value is -2.08. The van der Waals surface area contributed by atoms with E-state index in [1.54, 1.807) is 17.0 Å². The fourth-order valence-electron chi connectivity index (χ4n) is 3.49. The number of hydrogen-bond donors (Lipinski definition) is 2. The molecule has 3 rings (SSSR count). The number of aliphatic hydroxyl groups is 2. The molecule has 2 atom stereocenters. The van der Waals surface area contributed by atoms with E-state index in [0.29, 0.717) is 31.0 Å². The molecule has 0 saturated heterocycles. The van der Waals surface area contributed by atoms with Crippen LogP contribution < -0.4 is 4.74 Å². The van der Waals surface area contributed by atoms with Gasteiger partial charge in [0.2, 0.25) is 5.91 Å². The van der Waals surface area contributed by atoms with Crippen LogP contribution in [0.2, 0.25) is 5.02 Å². The van der Waals surface area contributed by atoms with E-state index in [9.17, 15) is 15.0 Å². The van der Waals surface area contributed by atoms with Crippen LogP contribution in [-0.4, -0.2) is 52.9 Å². The predicted molar refractivity (Wildman–Crippen MR) is 113 cm³/mol. The number of para-hydroxylation sites is 1. The summed E-state index contributed by atoms with van der Waals surface area (Å²) in [5.74, 6) is 0.759. The minimum absolute atomic E-state index is 0.0144. The Morgan fingerprint density at radius 2 is 1.79 bits per heavy atom. The number of aliphatic hydroxyl groups excluding tert-OH is 2. The molecule has 0 unspecified atom stereocenters. The number of benzene rings is 2. The lowest BCUT2D eigenvalue weighted by Gasteiger charge is -2.25. The number of carbonyl (C=O) groups excluding carboxylic acids is 1. The molecule has 0 fully saturated rings. The molecule has 1 heterocycles. The summed E-state index contributed by atoms with van der Waals surface area (Å²) >= 11 is 5.92. The van der Waals surface area contributed by atoms with E-state index in [1.165, 1.54) is 0 Å². The molecule has 0 bridgehead atoms. The van der Waals surface area contributed by atoms with Crippen LogP contribution in [0.4, 0.5) is 0 Å². The van der Waals surface area contributed by atoms with Crippen molar-refractivity contribution in [2.75, 3.05) is 19.7 Å². The largest absolute Gasteiger partial charge is 0.491 e. The number of aryl methyl sites for hydroxylation is 1. The zero-order valence-corrected chi connectivity index (χ0v) is 17.2. The van der Waals surface area contributed by atoms with Gasteiger partial charge in [-0.1, -0.05) is 41.9 Å². The van der Waals surface area contributed by atoms with Crippen LogP contribution >= 0.6 is 11.6 Å². The third-order valence-electron chi connectivity index (χ3n) is 5.27. The number of nitrogens with zero attached hydrogens (tertiary/aromatic N) is 1. The second-order valence-electron chi connectivity index (χ2n) is 7.48. The van der Waals surface area contributed by atoms with Crippen molar-refractivity contribution in [3.8, 4) is 5.75 Å².